The molecule has 0 bridgehead atoms. The number of hydrogen-bond acceptors (Lipinski definition) is 3. The SMILES string of the molecule is CCN(C)C(=O)[C@@H](C)NC(=O)c1cn[nH]c1-c1ccccc1Cl. The van der Waals surface area contributed by atoms with Gasteiger partial charge in [-0.1, -0.05) is 29.8 Å². The second-order valence-corrected chi connectivity index (χ2v) is 5.59. The monoisotopic (exact) mass is 334 g/mol. The van der Waals surface area contributed by atoms with Crippen molar-refractivity contribution in [2.45, 2.75) is 19.9 Å². The van der Waals surface area contributed by atoms with Crippen molar-refractivity contribution in [1.29, 1.82) is 0 Å². The maximum atomic E-state index is 12.5. The number of halogens is 1. The summed E-state index contributed by atoms with van der Waals surface area (Å²) in [5.41, 5.74) is 1.55. The number of nitrogens with one attached hydrogen (secondary N) is 2. The molecule has 2 N–H and O–H groups in total. The van der Waals surface area contributed by atoms with Crippen LogP contribution >= 0.6 is 11.6 Å². The second kappa shape index (κ2) is 7.28. The van der Waals surface area contributed by atoms with Gasteiger partial charge in [-0.3, -0.25) is 14.7 Å². The van der Waals surface area contributed by atoms with Crippen molar-refractivity contribution in [2.75, 3.05) is 13.6 Å². The van der Waals surface area contributed by atoms with Gasteiger partial charge < -0.3 is 10.2 Å². The van der Waals surface area contributed by atoms with Gasteiger partial charge in [-0.25, -0.2) is 0 Å². The summed E-state index contributed by atoms with van der Waals surface area (Å²) >= 11 is 6.17. The van der Waals surface area contributed by atoms with E-state index in [0.717, 1.165) is 0 Å². The summed E-state index contributed by atoms with van der Waals surface area (Å²) in [4.78, 5) is 26.1. The van der Waals surface area contributed by atoms with E-state index >= 15 is 0 Å². The lowest BCUT2D eigenvalue weighted by atomic mass is 10.1. The molecular weight excluding hydrogens is 316 g/mol. The number of amides is 2. The van der Waals surface area contributed by atoms with E-state index in [0.29, 0.717) is 28.4 Å². The summed E-state index contributed by atoms with van der Waals surface area (Å²) < 4.78 is 0. The molecule has 2 amide bonds. The highest BCUT2D eigenvalue weighted by Gasteiger charge is 2.22. The van der Waals surface area contributed by atoms with Gasteiger partial charge in [0.05, 0.1) is 17.5 Å². The normalized spacial score (nSPS) is 11.8. The average Bonchev–Trinajstić information content (AvgIpc) is 3.03. The fourth-order valence-corrected chi connectivity index (χ4v) is 2.38. The molecule has 2 rings (SSSR count). The van der Waals surface area contributed by atoms with E-state index in [9.17, 15) is 9.59 Å². The maximum Gasteiger partial charge on any atom is 0.255 e. The molecule has 0 aliphatic carbocycles. The molecule has 6 nitrogen and oxygen atoms in total. The Kier molecular flexibility index (Phi) is 5.39. The number of carbonyl (C=O) groups excluding carboxylic acids is 2. The van der Waals surface area contributed by atoms with Crippen molar-refractivity contribution >= 4 is 23.4 Å². The smallest absolute Gasteiger partial charge is 0.255 e. The van der Waals surface area contributed by atoms with Crippen molar-refractivity contribution in [1.82, 2.24) is 20.4 Å². The minimum Gasteiger partial charge on any atom is -0.344 e. The van der Waals surface area contributed by atoms with E-state index in [1.54, 1.807) is 31.0 Å². The molecule has 0 aliphatic rings. The van der Waals surface area contributed by atoms with Crippen molar-refractivity contribution < 1.29 is 9.59 Å². The van der Waals surface area contributed by atoms with Gasteiger partial charge in [-0.15, -0.1) is 0 Å². The summed E-state index contributed by atoms with van der Waals surface area (Å²) in [6, 6.07) is 6.55. The highest BCUT2D eigenvalue weighted by molar-refractivity contribution is 6.33. The Morgan fingerprint density at radius 2 is 2.09 bits per heavy atom. The fourth-order valence-electron chi connectivity index (χ4n) is 2.15. The van der Waals surface area contributed by atoms with E-state index in [1.165, 1.54) is 6.20 Å². The van der Waals surface area contributed by atoms with Crippen LogP contribution < -0.4 is 5.32 Å². The highest BCUT2D eigenvalue weighted by Crippen LogP contribution is 2.28. The van der Waals surface area contributed by atoms with Crippen molar-refractivity contribution in [3.63, 3.8) is 0 Å². The van der Waals surface area contributed by atoms with Gasteiger partial charge >= 0.3 is 0 Å². The molecule has 0 spiro atoms. The molecule has 0 fully saturated rings. The molecule has 0 saturated carbocycles. The molecule has 0 unspecified atom stereocenters. The maximum absolute atomic E-state index is 12.5. The molecule has 1 aromatic heterocycles. The number of carbonyl (C=O) groups is 2. The molecule has 2 aromatic rings. The first-order valence-electron chi connectivity index (χ1n) is 7.29. The number of aromatic amines is 1. The molecule has 1 heterocycles. The van der Waals surface area contributed by atoms with Crippen molar-refractivity contribution in [3.05, 3.63) is 41.0 Å². The Bertz CT molecular complexity index is 714. The van der Waals surface area contributed by atoms with Gasteiger partial charge in [0.1, 0.15) is 6.04 Å². The summed E-state index contributed by atoms with van der Waals surface area (Å²) in [7, 11) is 1.69. The number of H-pyrrole nitrogens is 1. The van der Waals surface area contributed by atoms with Crippen LogP contribution in [0.5, 0.6) is 0 Å². The van der Waals surface area contributed by atoms with Gasteiger partial charge in [0.2, 0.25) is 5.91 Å². The van der Waals surface area contributed by atoms with Crippen LogP contribution in [0.1, 0.15) is 24.2 Å². The van der Waals surface area contributed by atoms with Gasteiger partial charge in [-0.2, -0.15) is 5.10 Å². The third kappa shape index (κ3) is 3.71. The number of rotatable bonds is 5. The minimum absolute atomic E-state index is 0.149. The lowest BCUT2D eigenvalue weighted by Gasteiger charge is -2.20. The molecule has 0 aliphatic heterocycles. The van der Waals surface area contributed by atoms with E-state index in [1.807, 2.05) is 19.1 Å². The third-order valence-electron chi connectivity index (χ3n) is 3.60. The minimum atomic E-state index is -0.624. The van der Waals surface area contributed by atoms with Gasteiger partial charge in [0.15, 0.2) is 0 Å². The molecule has 122 valence electrons. The first-order chi connectivity index (χ1) is 11.0. The lowest BCUT2D eigenvalue weighted by Crippen LogP contribution is -2.45. The topological polar surface area (TPSA) is 78.1 Å². The Hall–Kier alpha value is -2.34. The number of aromatic nitrogens is 2. The van der Waals surface area contributed by atoms with E-state index in [2.05, 4.69) is 15.5 Å². The zero-order chi connectivity index (χ0) is 17.0. The summed E-state index contributed by atoms with van der Waals surface area (Å²) in [5, 5.41) is 9.92. The highest BCUT2D eigenvalue weighted by atomic mass is 35.5. The number of hydrogen-bond donors (Lipinski definition) is 2. The Morgan fingerprint density at radius 1 is 1.39 bits per heavy atom. The summed E-state index contributed by atoms with van der Waals surface area (Å²) in [5.74, 6) is -0.525. The Labute approximate surface area is 139 Å². The van der Waals surface area contributed by atoms with Crippen molar-refractivity contribution in [2.24, 2.45) is 0 Å². The number of benzene rings is 1. The van der Waals surface area contributed by atoms with Crippen LogP contribution in [0.3, 0.4) is 0 Å². The largest absolute Gasteiger partial charge is 0.344 e. The summed E-state index contributed by atoms with van der Waals surface area (Å²) in [6.07, 6.45) is 1.43. The van der Waals surface area contributed by atoms with Crippen LogP contribution in [-0.2, 0) is 4.79 Å². The van der Waals surface area contributed by atoms with Crippen LogP contribution in [0.2, 0.25) is 5.02 Å². The molecular formula is C16H19ClN4O2. The fraction of sp³-hybridized carbons (Fsp3) is 0.312. The van der Waals surface area contributed by atoms with E-state index in [-0.39, 0.29) is 11.8 Å². The number of nitrogens with zero attached hydrogens (tertiary/aromatic N) is 2. The van der Waals surface area contributed by atoms with Crippen LogP contribution in [0, 0.1) is 0 Å². The Balaban J connectivity index is 2.21. The first-order valence-corrected chi connectivity index (χ1v) is 7.67. The molecule has 0 radical (unpaired) electrons. The molecule has 1 aromatic carbocycles. The molecule has 1 atom stereocenters. The third-order valence-corrected chi connectivity index (χ3v) is 3.93. The van der Waals surface area contributed by atoms with Crippen LogP contribution in [-0.4, -0.2) is 46.5 Å². The Morgan fingerprint density at radius 3 is 2.74 bits per heavy atom. The van der Waals surface area contributed by atoms with Crippen molar-refractivity contribution in [3.8, 4) is 11.3 Å². The predicted octanol–water partition coefficient (Wildman–Crippen LogP) is 2.33. The first kappa shape index (κ1) is 17.0. The molecule has 0 saturated heterocycles. The van der Waals surface area contributed by atoms with E-state index in [4.69, 9.17) is 11.6 Å². The molecule has 23 heavy (non-hydrogen) atoms. The second-order valence-electron chi connectivity index (χ2n) is 5.19. The number of likely N-dealkylation sites (N-methyl/N-ethyl adjacent to an activating group) is 1. The van der Waals surface area contributed by atoms with Gasteiger partial charge in [-0.05, 0) is 19.9 Å². The lowest BCUT2D eigenvalue weighted by molar-refractivity contribution is -0.131. The van der Waals surface area contributed by atoms with Gasteiger partial charge in [0.25, 0.3) is 5.91 Å². The van der Waals surface area contributed by atoms with Gasteiger partial charge in [0, 0.05) is 24.2 Å². The van der Waals surface area contributed by atoms with Crippen LogP contribution in [0.4, 0.5) is 0 Å². The summed E-state index contributed by atoms with van der Waals surface area (Å²) in [6.45, 7) is 4.11. The zero-order valence-electron chi connectivity index (χ0n) is 13.3. The zero-order valence-corrected chi connectivity index (χ0v) is 14.0. The average molecular weight is 335 g/mol. The standard InChI is InChI=1S/C16H19ClN4O2/c1-4-21(3)16(23)10(2)19-15(22)12-9-18-20-14(12)11-7-5-6-8-13(11)17/h5-10H,4H2,1-3H3,(H,18,20)(H,19,22)/t10-/m1/s1. The van der Waals surface area contributed by atoms with Crippen LogP contribution in [0.15, 0.2) is 30.5 Å². The van der Waals surface area contributed by atoms with E-state index < -0.39 is 6.04 Å². The molecule has 7 heteroatoms. The quantitative estimate of drug-likeness (QED) is 0.880. The predicted molar refractivity (Wildman–Crippen MR) is 89.3 cm³/mol. The van der Waals surface area contributed by atoms with Crippen LogP contribution in [0.25, 0.3) is 11.3 Å².